The summed E-state index contributed by atoms with van der Waals surface area (Å²) in [6.45, 7) is 9.01. The van der Waals surface area contributed by atoms with Crippen molar-refractivity contribution in [3.8, 4) is 5.88 Å². The van der Waals surface area contributed by atoms with E-state index in [0.29, 0.717) is 24.2 Å². The van der Waals surface area contributed by atoms with Crippen molar-refractivity contribution >= 4 is 17.2 Å². The molecule has 1 aliphatic heterocycles. The predicted octanol–water partition coefficient (Wildman–Crippen LogP) is 3.07. The minimum atomic E-state index is -0.188. The van der Waals surface area contributed by atoms with Crippen LogP contribution in [0.2, 0.25) is 0 Å². The van der Waals surface area contributed by atoms with Crippen LogP contribution in [-0.4, -0.2) is 81.3 Å². The summed E-state index contributed by atoms with van der Waals surface area (Å²) < 4.78 is 7.15. The van der Waals surface area contributed by atoms with E-state index in [-0.39, 0.29) is 11.9 Å². The van der Waals surface area contributed by atoms with E-state index in [1.165, 1.54) is 0 Å². The molecule has 1 amide bonds. The Balaban J connectivity index is 1.35. The number of likely N-dealkylation sites (N-methyl/N-ethyl adjacent to an activating group) is 1. The lowest BCUT2D eigenvalue weighted by Gasteiger charge is -2.40. The van der Waals surface area contributed by atoms with Gasteiger partial charge in [0.25, 0.3) is 0 Å². The second kappa shape index (κ2) is 10.7. The molecule has 9 nitrogen and oxygen atoms in total. The Kier molecular flexibility index (Phi) is 7.32. The molecule has 38 heavy (non-hydrogen) atoms. The fraction of sp³-hybridized carbons (Fsp3) is 0.448. The highest BCUT2D eigenvalue weighted by Crippen LogP contribution is 2.37. The Hall–Kier alpha value is -3.56. The molecule has 0 unspecified atom stereocenters. The first-order valence-electron chi connectivity index (χ1n) is 13.2. The smallest absolute Gasteiger partial charge is 0.241 e. The number of ether oxygens (including phenoxy) is 1. The second-order valence-corrected chi connectivity index (χ2v) is 10.5. The van der Waals surface area contributed by atoms with Crippen LogP contribution < -0.4 is 10.1 Å². The van der Waals surface area contributed by atoms with Gasteiger partial charge in [-0.3, -0.25) is 14.4 Å². The Morgan fingerprint density at radius 1 is 1.26 bits per heavy atom. The van der Waals surface area contributed by atoms with Crippen molar-refractivity contribution in [1.29, 1.82) is 0 Å². The van der Waals surface area contributed by atoms with Gasteiger partial charge in [0.15, 0.2) is 0 Å². The van der Waals surface area contributed by atoms with E-state index in [1.54, 1.807) is 11.8 Å². The number of rotatable bonds is 7. The van der Waals surface area contributed by atoms with Gasteiger partial charge in [-0.05, 0) is 57.0 Å². The molecule has 2 atom stereocenters. The van der Waals surface area contributed by atoms with Gasteiger partial charge in [-0.15, -0.1) is 5.10 Å². The van der Waals surface area contributed by atoms with Crippen molar-refractivity contribution < 1.29 is 9.53 Å². The molecule has 5 rings (SSSR count). The number of nitrogens with one attached hydrogen (secondary N) is 1. The Morgan fingerprint density at radius 3 is 2.84 bits per heavy atom. The summed E-state index contributed by atoms with van der Waals surface area (Å²) in [5.74, 6) is 1.34. The maximum absolute atomic E-state index is 13.3. The summed E-state index contributed by atoms with van der Waals surface area (Å²) in [7, 11) is 5.63. The van der Waals surface area contributed by atoms with Crippen molar-refractivity contribution in [3.05, 3.63) is 70.4 Å². The highest BCUT2D eigenvalue weighted by atomic mass is 16.5. The number of aromatic nitrogens is 4. The lowest BCUT2D eigenvalue weighted by molar-refractivity contribution is -0.121. The molecule has 2 aliphatic rings. The summed E-state index contributed by atoms with van der Waals surface area (Å²) in [5.41, 5.74) is 7.06. The van der Waals surface area contributed by atoms with E-state index in [4.69, 9.17) is 9.72 Å². The van der Waals surface area contributed by atoms with Crippen LogP contribution in [0.3, 0.4) is 0 Å². The standard InChI is InChI=1S/C29H37N7O2/c1-18-15-30-26(14-21-17-35(5)33-29(21)38-6)32-27(18)24-11-10-23-22(24)8-7-9-25(23)31-28(37)20(3)36-13-12-34(4)19(2)16-36/h7-9,11,15,17,19-20H,10,12-14,16H2,1-6H3,(H,31,37)/t19-,20-/m1/s1. The first-order chi connectivity index (χ1) is 18.2. The van der Waals surface area contributed by atoms with Gasteiger partial charge >= 0.3 is 0 Å². The van der Waals surface area contributed by atoms with Gasteiger partial charge in [-0.1, -0.05) is 18.2 Å². The summed E-state index contributed by atoms with van der Waals surface area (Å²) in [6, 6.07) is 6.37. The molecule has 0 spiro atoms. The number of nitrogens with zero attached hydrogens (tertiary/aromatic N) is 6. The maximum Gasteiger partial charge on any atom is 0.241 e. The number of methoxy groups -OCH3 is 1. The van der Waals surface area contributed by atoms with E-state index >= 15 is 0 Å². The number of allylic oxidation sites excluding steroid dienone is 1. The molecule has 2 aromatic heterocycles. The molecule has 1 fully saturated rings. The molecule has 0 saturated carbocycles. The Morgan fingerprint density at radius 2 is 2.08 bits per heavy atom. The first kappa shape index (κ1) is 26.1. The molecule has 0 radical (unpaired) electrons. The first-order valence-corrected chi connectivity index (χ1v) is 13.2. The number of hydrogen-bond acceptors (Lipinski definition) is 7. The highest BCUT2D eigenvalue weighted by molar-refractivity contribution is 5.97. The lowest BCUT2D eigenvalue weighted by atomic mass is 9.99. The molecule has 1 saturated heterocycles. The van der Waals surface area contributed by atoms with Gasteiger partial charge in [0.05, 0.1) is 18.8 Å². The third-order valence-electron chi connectivity index (χ3n) is 7.84. The minimum absolute atomic E-state index is 0.0366. The van der Waals surface area contributed by atoms with E-state index in [1.807, 2.05) is 45.4 Å². The lowest BCUT2D eigenvalue weighted by Crippen LogP contribution is -2.55. The molecule has 1 aliphatic carbocycles. The molecule has 3 heterocycles. The number of amides is 1. The highest BCUT2D eigenvalue weighted by Gasteiger charge is 2.29. The van der Waals surface area contributed by atoms with Gasteiger partial charge < -0.3 is 15.0 Å². The fourth-order valence-corrected chi connectivity index (χ4v) is 5.36. The number of piperazine rings is 1. The fourth-order valence-electron chi connectivity index (χ4n) is 5.36. The Labute approximate surface area is 224 Å². The summed E-state index contributed by atoms with van der Waals surface area (Å²) >= 11 is 0. The van der Waals surface area contributed by atoms with Crippen LogP contribution in [0.4, 0.5) is 5.69 Å². The Bertz CT molecular complexity index is 1380. The van der Waals surface area contributed by atoms with Gasteiger partial charge in [0.2, 0.25) is 11.8 Å². The number of hydrogen-bond donors (Lipinski definition) is 1. The third-order valence-corrected chi connectivity index (χ3v) is 7.84. The molecule has 3 aromatic rings. The van der Waals surface area contributed by atoms with Crippen molar-refractivity contribution in [2.45, 2.75) is 45.7 Å². The molecule has 0 bridgehead atoms. The number of fused-ring (bicyclic) bond motifs is 1. The van der Waals surface area contributed by atoms with Crippen LogP contribution in [-0.2, 0) is 24.7 Å². The van der Waals surface area contributed by atoms with E-state index in [2.05, 4.69) is 51.3 Å². The SMILES string of the molecule is COc1nn(C)cc1Cc1ncc(C)c(C2=CCc3c(NC(=O)[C@@H](C)N4CCN(C)[C@H](C)C4)cccc32)n1. The minimum Gasteiger partial charge on any atom is -0.480 e. The van der Waals surface area contributed by atoms with Crippen LogP contribution in [0.5, 0.6) is 5.88 Å². The van der Waals surface area contributed by atoms with E-state index < -0.39 is 0 Å². The zero-order valence-corrected chi connectivity index (χ0v) is 23.2. The topological polar surface area (TPSA) is 88.4 Å². The van der Waals surface area contributed by atoms with Gasteiger partial charge in [-0.25, -0.2) is 9.97 Å². The molecule has 200 valence electrons. The van der Waals surface area contributed by atoms with Crippen molar-refractivity contribution in [3.63, 3.8) is 0 Å². The summed E-state index contributed by atoms with van der Waals surface area (Å²) in [6.07, 6.45) is 7.30. The van der Waals surface area contributed by atoms with Gasteiger partial charge in [0, 0.05) is 68.4 Å². The van der Waals surface area contributed by atoms with Crippen LogP contribution >= 0.6 is 0 Å². The molecule has 1 N–H and O–H groups in total. The summed E-state index contributed by atoms with van der Waals surface area (Å²) in [5, 5.41) is 7.57. The monoisotopic (exact) mass is 515 g/mol. The number of carbonyl (C=O) groups is 1. The average molecular weight is 516 g/mol. The number of carbonyl (C=O) groups excluding carboxylic acids is 1. The van der Waals surface area contributed by atoms with Crippen molar-refractivity contribution in [2.75, 3.05) is 39.1 Å². The molecule has 1 aromatic carbocycles. The quantitative estimate of drug-likeness (QED) is 0.517. The van der Waals surface area contributed by atoms with Gasteiger partial charge in [-0.2, -0.15) is 0 Å². The largest absolute Gasteiger partial charge is 0.480 e. The normalized spacial score (nSPS) is 18.7. The van der Waals surface area contributed by atoms with Crippen LogP contribution in [0.15, 0.2) is 36.7 Å². The maximum atomic E-state index is 13.3. The zero-order valence-electron chi connectivity index (χ0n) is 23.2. The number of anilines is 1. The van der Waals surface area contributed by atoms with Crippen LogP contribution in [0.1, 0.15) is 47.6 Å². The van der Waals surface area contributed by atoms with E-state index in [0.717, 1.165) is 65.3 Å². The number of benzene rings is 1. The molecule has 9 heteroatoms. The zero-order chi connectivity index (χ0) is 27.0. The molecular weight excluding hydrogens is 478 g/mol. The van der Waals surface area contributed by atoms with Gasteiger partial charge in [0.1, 0.15) is 5.82 Å². The van der Waals surface area contributed by atoms with E-state index in [9.17, 15) is 4.79 Å². The second-order valence-electron chi connectivity index (χ2n) is 10.5. The predicted molar refractivity (Wildman–Crippen MR) is 148 cm³/mol. The summed E-state index contributed by atoms with van der Waals surface area (Å²) in [4.78, 5) is 27.4. The average Bonchev–Trinajstić information content (AvgIpc) is 3.49. The van der Waals surface area contributed by atoms with Crippen LogP contribution in [0.25, 0.3) is 5.57 Å². The van der Waals surface area contributed by atoms with Crippen molar-refractivity contribution in [1.82, 2.24) is 29.5 Å². The molecular formula is C29H37N7O2. The number of aryl methyl sites for hydroxylation is 2. The third kappa shape index (κ3) is 5.08. The van der Waals surface area contributed by atoms with Crippen molar-refractivity contribution in [2.24, 2.45) is 7.05 Å². The van der Waals surface area contributed by atoms with Crippen LogP contribution in [0, 0.1) is 6.92 Å².